The third kappa shape index (κ3) is 3.06. The van der Waals surface area contributed by atoms with Crippen LogP contribution in [0.3, 0.4) is 0 Å². The number of fused-ring (bicyclic) bond motifs is 1. The van der Waals surface area contributed by atoms with Crippen LogP contribution in [-0.4, -0.2) is 15.6 Å². The molecule has 0 spiro atoms. The first-order valence-corrected chi connectivity index (χ1v) is 7.61. The molecule has 0 amide bonds. The molecule has 0 radical (unpaired) electrons. The molecule has 23 heavy (non-hydrogen) atoms. The van der Waals surface area contributed by atoms with Gasteiger partial charge in [-0.05, 0) is 31.5 Å². The van der Waals surface area contributed by atoms with Crippen LogP contribution in [0.5, 0.6) is 5.75 Å². The summed E-state index contributed by atoms with van der Waals surface area (Å²) in [6.07, 6.45) is 1.69. The number of aromatic carboxylic acids is 1. The molecule has 1 aromatic heterocycles. The van der Waals surface area contributed by atoms with Crippen molar-refractivity contribution in [1.29, 1.82) is 0 Å². The van der Waals surface area contributed by atoms with Gasteiger partial charge in [0.15, 0.2) is 0 Å². The van der Waals surface area contributed by atoms with Crippen molar-refractivity contribution in [2.24, 2.45) is 0 Å². The summed E-state index contributed by atoms with van der Waals surface area (Å²) >= 11 is 0. The minimum absolute atomic E-state index is 0.176. The lowest BCUT2D eigenvalue weighted by Crippen LogP contribution is -1.99. The van der Waals surface area contributed by atoms with Crippen LogP contribution in [0.2, 0.25) is 0 Å². The van der Waals surface area contributed by atoms with E-state index >= 15 is 0 Å². The third-order valence-corrected chi connectivity index (χ3v) is 3.84. The Balaban J connectivity index is 1.94. The summed E-state index contributed by atoms with van der Waals surface area (Å²) in [5.74, 6) is -0.175. The van der Waals surface area contributed by atoms with Gasteiger partial charge in [0.25, 0.3) is 0 Å². The highest BCUT2D eigenvalue weighted by atomic mass is 16.5. The standard InChI is InChI=1S/C19H19NO3/c1-13(2)20-11-17(19(21)22)16-9-8-15(10-18(16)20)23-12-14-6-4-3-5-7-14/h3-11,13H,12H2,1-2H3,(H,21,22). The number of carbonyl (C=O) groups is 1. The summed E-state index contributed by atoms with van der Waals surface area (Å²) in [4.78, 5) is 11.4. The first-order chi connectivity index (χ1) is 11.1. The Morgan fingerprint density at radius 2 is 1.91 bits per heavy atom. The SMILES string of the molecule is CC(C)n1cc(C(=O)O)c2ccc(OCc3ccccc3)cc21. The Morgan fingerprint density at radius 3 is 2.57 bits per heavy atom. The van der Waals surface area contributed by atoms with Crippen molar-refractivity contribution < 1.29 is 14.6 Å². The number of rotatable bonds is 5. The molecule has 4 heteroatoms. The van der Waals surface area contributed by atoms with Gasteiger partial charge in [0.05, 0.1) is 11.1 Å². The Kier molecular flexibility index (Phi) is 4.06. The second kappa shape index (κ2) is 6.16. The molecule has 2 aromatic carbocycles. The summed E-state index contributed by atoms with van der Waals surface area (Å²) in [5, 5.41) is 10.1. The number of benzene rings is 2. The second-order valence-electron chi connectivity index (χ2n) is 5.80. The molecule has 0 unspecified atom stereocenters. The molecule has 0 aliphatic carbocycles. The third-order valence-electron chi connectivity index (χ3n) is 3.84. The smallest absolute Gasteiger partial charge is 0.337 e. The van der Waals surface area contributed by atoms with Crippen molar-refractivity contribution in [2.75, 3.05) is 0 Å². The number of hydrogen-bond donors (Lipinski definition) is 1. The Morgan fingerprint density at radius 1 is 1.17 bits per heavy atom. The van der Waals surface area contributed by atoms with Crippen LogP contribution >= 0.6 is 0 Å². The molecule has 0 atom stereocenters. The van der Waals surface area contributed by atoms with Crippen LogP contribution in [0.15, 0.2) is 54.7 Å². The molecule has 0 aliphatic heterocycles. The van der Waals surface area contributed by atoms with Crippen molar-refractivity contribution in [3.05, 3.63) is 65.9 Å². The average molecular weight is 309 g/mol. The van der Waals surface area contributed by atoms with Gasteiger partial charge in [0, 0.05) is 23.7 Å². The van der Waals surface area contributed by atoms with E-state index in [0.29, 0.717) is 12.2 Å². The van der Waals surface area contributed by atoms with Crippen LogP contribution in [0.1, 0.15) is 35.8 Å². The van der Waals surface area contributed by atoms with Crippen molar-refractivity contribution >= 4 is 16.9 Å². The number of carboxylic acids is 1. The van der Waals surface area contributed by atoms with E-state index in [2.05, 4.69) is 0 Å². The molecule has 3 rings (SSSR count). The van der Waals surface area contributed by atoms with E-state index in [9.17, 15) is 9.90 Å². The minimum atomic E-state index is -0.910. The minimum Gasteiger partial charge on any atom is -0.489 e. The molecule has 0 bridgehead atoms. The fraction of sp³-hybridized carbons (Fsp3) is 0.211. The number of ether oxygens (including phenoxy) is 1. The van der Waals surface area contributed by atoms with Gasteiger partial charge in [-0.1, -0.05) is 30.3 Å². The van der Waals surface area contributed by atoms with Gasteiger partial charge >= 0.3 is 5.97 Å². The van der Waals surface area contributed by atoms with Gasteiger partial charge in [0.2, 0.25) is 0 Å². The zero-order valence-electron chi connectivity index (χ0n) is 13.2. The van der Waals surface area contributed by atoms with E-state index in [4.69, 9.17) is 4.74 Å². The van der Waals surface area contributed by atoms with E-state index in [1.54, 1.807) is 6.20 Å². The normalized spacial score (nSPS) is 11.1. The Hall–Kier alpha value is -2.75. The van der Waals surface area contributed by atoms with E-state index in [1.807, 2.05) is 66.9 Å². The number of nitrogens with zero attached hydrogens (tertiary/aromatic N) is 1. The summed E-state index contributed by atoms with van der Waals surface area (Å²) in [6, 6.07) is 15.7. The largest absolute Gasteiger partial charge is 0.489 e. The monoisotopic (exact) mass is 309 g/mol. The lowest BCUT2D eigenvalue weighted by Gasteiger charge is -2.11. The topological polar surface area (TPSA) is 51.5 Å². The summed E-state index contributed by atoms with van der Waals surface area (Å²) in [6.45, 7) is 4.55. The Labute approximate surface area is 134 Å². The van der Waals surface area contributed by atoms with Gasteiger partial charge in [-0.3, -0.25) is 0 Å². The zero-order valence-corrected chi connectivity index (χ0v) is 13.2. The quantitative estimate of drug-likeness (QED) is 0.755. The van der Waals surface area contributed by atoms with E-state index in [1.165, 1.54) is 0 Å². The molecule has 0 saturated heterocycles. The number of hydrogen-bond acceptors (Lipinski definition) is 2. The zero-order chi connectivity index (χ0) is 16.4. The maximum absolute atomic E-state index is 11.4. The van der Waals surface area contributed by atoms with Crippen LogP contribution in [-0.2, 0) is 6.61 Å². The van der Waals surface area contributed by atoms with Crippen LogP contribution < -0.4 is 4.74 Å². The van der Waals surface area contributed by atoms with Gasteiger partial charge in [-0.25, -0.2) is 4.79 Å². The highest BCUT2D eigenvalue weighted by molar-refractivity contribution is 6.03. The van der Waals surface area contributed by atoms with E-state index < -0.39 is 5.97 Å². The molecule has 4 nitrogen and oxygen atoms in total. The first kappa shape index (κ1) is 15.2. The molecule has 3 aromatic rings. The molecule has 118 valence electrons. The highest BCUT2D eigenvalue weighted by Gasteiger charge is 2.16. The van der Waals surface area contributed by atoms with Crippen molar-refractivity contribution in [1.82, 2.24) is 4.57 Å². The van der Waals surface area contributed by atoms with Gasteiger partial charge in [0.1, 0.15) is 12.4 Å². The Bertz CT molecular complexity index is 834. The summed E-state index contributed by atoms with van der Waals surface area (Å²) < 4.78 is 7.81. The maximum Gasteiger partial charge on any atom is 0.337 e. The predicted octanol–water partition coefficient (Wildman–Crippen LogP) is 4.50. The lowest BCUT2D eigenvalue weighted by molar-refractivity contribution is 0.0698. The molecule has 0 saturated carbocycles. The summed E-state index contributed by atoms with van der Waals surface area (Å²) in [7, 11) is 0. The first-order valence-electron chi connectivity index (χ1n) is 7.61. The predicted molar refractivity (Wildman–Crippen MR) is 90.1 cm³/mol. The fourth-order valence-electron chi connectivity index (χ4n) is 2.66. The maximum atomic E-state index is 11.4. The summed E-state index contributed by atoms with van der Waals surface area (Å²) in [5.41, 5.74) is 2.30. The van der Waals surface area contributed by atoms with Gasteiger partial charge in [-0.2, -0.15) is 0 Å². The molecule has 0 fully saturated rings. The van der Waals surface area contributed by atoms with Gasteiger partial charge in [-0.15, -0.1) is 0 Å². The number of carboxylic acid groups (broad SMARTS) is 1. The van der Waals surface area contributed by atoms with Crippen LogP contribution in [0.25, 0.3) is 10.9 Å². The van der Waals surface area contributed by atoms with Crippen LogP contribution in [0.4, 0.5) is 0 Å². The van der Waals surface area contributed by atoms with Gasteiger partial charge < -0.3 is 14.4 Å². The van der Waals surface area contributed by atoms with Crippen molar-refractivity contribution in [3.8, 4) is 5.75 Å². The lowest BCUT2D eigenvalue weighted by atomic mass is 10.1. The molecule has 1 N–H and O–H groups in total. The van der Waals surface area contributed by atoms with E-state index in [0.717, 1.165) is 22.2 Å². The molecule has 1 heterocycles. The fourth-order valence-corrected chi connectivity index (χ4v) is 2.66. The van der Waals surface area contributed by atoms with Crippen molar-refractivity contribution in [3.63, 3.8) is 0 Å². The molecular formula is C19H19NO3. The highest BCUT2D eigenvalue weighted by Crippen LogP contribution is 2.28. The van der Waals surface area contributed by atoms with E-state index in [-0.39, 0.29) is 6.04 Å². The molecular weight excluding hydrogens is 290 g/mol. The second-order valence-corrected chi connectivity index (χ2v) is 5.80. The van der Waals surface area contributed by atoms with Crippen molar-refractivity contribution in [2.45, 2.75) is 26.5 Å². The van der Waals surface area contributed by atoms with Crippen LogP contribution in [0, 0.1) is 0 Å². The average Bonchev–Trinajstić information content (AvgIpc) is 2.93. The molecule has 0 aliphatic rings. The number of aromatic nitrogens is 1.